The van der Waals surface area contributed by atoms with Crippen molar-refractivity contribution in [2.75, 3.05) is 38.6 Å². The van der Waals surface area contributed by atoms with E-state index in [1.165, 1.54) is 0 Å². The van der Waals surface area contributed by atoms with Crippen LogP contribution in [-0.4, -0.2) is 50.0 Å². The summed E-state index contributed by atoms with van der Waals surface area (Å²) in [4.78, 5) is 27.5. The number of amides is 2. The Hall–Kier alpha value is -2.57. The van der Waals surface area contributed by atoms with Crippen LogP contribution in [0.1, 0.15) is 20.7 Å². The molecule has 2 fully saturated rings. The fraction of sp³-hybridized carbons (Fsp3) is 0.333. The Balaban J connectivity index is 0.00000225. The summed E-state index contributed by atoms with van der Waals surface area (Å²) < 4.78 is 5.12. The molecular formula is C21H24ClN3O3. The fourth-order valence-corrected chi connectivity index (χ4v) is 3.91. The first-order chi connectivity index (χ1) is 13.2. The van der Waals surface area contributed by atoms with E-state index in [0.717, 1.165) is 26.2 Å². The number of para-hydroxylation sites is 1. The van der Waals surface area contributed by atoms with Gasteiger partial charge in [0.1, 0.15) is 5.75 Å². The summed E-state index contributed by atoms with van der Waals surface area (Å²) in [6.45, 7) is 3.50. The van der Waals surface area contributed by atoms with Gasteiger partial charge in [0.25, 0.3) is 11.8 Å². The third-order valence-electron chi connectivity index (χ3n) is 5.43. The molecule has 0 unspecified atom stereocenters. The lowest BCUT2D eigenvalue weighted by Crippen LogP contribution is -2.32. The number of benzene rings is 2. The van der Waals surface area contributed by atoms with Crippen molar-refractivity contribution in [3.63, 3.8) is 0 Å². The minimum Gasteiger partial charge on any atom is -0.497 e. The first-order valence-electron chi connectivity index (χ1n) is 9.20. The molecule has 0 aliphatic carbocycles. The quantitative estimate of drug-likeness (QED) is 0.826. The minimum atomic E-state index is -0.250. The number of carbonyl (C=O) groups excluding carboxylic acids is 2. The zero-order chi connectivity index (χ0) is 18.8. The molecule has 0 aromatic heterocycles. The summed E-state index contributed by atoms with van der Waals surface area (Å²) in [7, 11) is 1.58. The largest absolute Gasteiger partial charge is 0.497 e. The van der Waals surface area contributed by atoms with Gasteiger partial charge in [-0.25, -0.2) is 0 Å². The molecule has 4 rings (SSSR count). The number of fused-ring (bicyclic) bond motifs is 1. The van der Waals surface area contributed by atoms with Crippen molar-refractivity contribution in [1.82, 2.24) is 10.2 Å². The predicted octanol–water partition coefficient (Wildman–Crippen LogP) is 2.66. The number of halogens is 1. The smallest absolute Gasteiger partial charge is 0.255 e. The number of hydrogen-bond acceptors (Lipinski definition) is 4. The van der Waals surface area contributed by atoms with Crippen LogP contribution >= 0.6 is 12.4 Å². The zero-order valence-corrected chi connectivity index (χ0v) is 16.5. The topological polar surface area (TPSA) is 70.7 Å². The Morgan fingerprint density at radius 2 is 1.68 bits per heavy atom. The molecule has 2 aliphatic rings. The highest BCUT2D eigenvalue weighted by molar-refractivity contribution is 6.09. The van der Waals surface area contributed by atoms with E-state index in [1.54, 1.807) is 43.5 Å². The highest BCUT2D eigenvalue weighted by atomic mass is 35.5. The van der Waals surface area contributed by atoms with Crippen molar-refractivity contribution in [3.8, 4) is 5.75 Å². The van der Waals surface area contributed by atoms with Crippen molar-refractivity contribution in [2.45, 2.75) is 0 Å². The van der Waals surface area contributed by atoms with Gasteiger partial charge in [0.15, 0.2) is 0 Å². The Labute approximate surface area is 170 Å². The number of nitrogens with one attached hydrogen (secondary N) is 2. The molecule has 28 heavy (non-hydrogen) atoms. The maximum absolute atomic E-state index is 13.0. The second-order valence-corrected chi connectivity index (χ2v) is 7.12. The Morgan fingerprint density at radius 1 is 1.04 bits per heavy atom. The number of nitrogens with zero attached hydrogens (tertiary/aromatic N) is 1. The monoisotopic (exact) mass is 401 g/mol. The molecular weight excluding hydrogens is 378 g/mol. The first-order valence-corrected chi connectivity index (χ1v) is 9.20. The van der Waals surface area contributed by atoms with Crippen molar-refractivity contribution < 1.29 is 14.3 Å². The van der Waals surface area contributed by atoms with Gasteiger partial charge in [0, 0.05) is 31.7 Å². The van der Waals surface area contributed by atoms with E-state index >= 15 is 0 Å². The zero-order valence-electron chi connectivity index (χ0n) is 15.7. The molecule has 2 amide bonds. The Bertz CT molecular complexity index is 844. The third-order valence-corrected chi connectivity index (χ3v) is 5.43. The normalized spacial score (nSPS) is 20.2. The molecule has 2 aliphatic heterocycles. The first kappa shape index (κ1) is 20.2. The van der Waals surface area contributed by atoms with Gasteiger partial charge in [-0.2, -0.15) is 0 Å². The number of likely N-dealkylation sites (tertiary alicyclic amines) is 1. The average molecular weight is 402 g/mol. The predicted molar refractivity (Wildman–Crippen MR) is 110 cm³/mol. The molecule has 2 atom stereocenters. The molecule has 0 spiro atoms. The summed E-state index contributed by atoms with van der Waals surface area (Å²) in [6.07, 6.45) is 0. The average Bonchev–Trinajstić information content (AvgIpc) is 3.30. The number of methoxy groups -OCH3 is 1. The van der Waals surface area contributed by atoms with Crippen molar-refractivity contribution in [2.24, 2.45) is 11.8 Å². The lowest BCUT2D eigenvalue weighted by Gasteiger charge is -2.19. The van der Waals surface area contributed by atoms with Crippen LogP contribution in [0.5, 0.6) is 5.75 Å². The van der Waals surface area contributed by atoms with Gasteiger partial charge in [-0.1, -0.05) is 12.1 Å². The molecule has 2 N–H and O–H groups in total. The molecule has 2 aromatic rings. The van der Waals surface area contributed by atoms with E-state index in [2.05, 4.69) is 10.6 Å². The van der Waals surface area contributed by atoms with E-state index < -0.39 is 0 Å². The Morgan fingerprint density at radius 3 is 2.32 bits per heavy atom. The van der Waals surface area contributed by atoms with Gasteiger partial charge in [0.05, 0.1) is 18.4 Å². The van der Waals surface area contributed by atoms with Crippen LogP contribution in [0.3, 0.4) is 0 Å². The number of carbonyl (C=O) groups is 2. The second kappa shape index (κ2) is 8.63. The summed E-state index contributed by atoms with van der Waals surface area (Å²) in [5, 5.41) is 6.26. The summed E-state index contributed by atoms with van der Waals surface area (Å²) in [5.74, 6) is 1.50. The molecule has 0 radical (unpaired) electrons. The molecule has 0 bridgehead atoms. The molecule has 0 saturated carbocycles. The fourth-order valence-electron chi connectivity index (χ4n) is 3.91. The van der Waals surface area contributed by atoms with Gasteiger partial charge in [-0.05, 0) is 48.2 Å². The van der Waals surface area contributed by atoms with Crippen LogP contribution in [0.2, 0.25) is 0 Å². The van der Waals surface area contributed by atoms with Gasteiger partial charge in [-0.15, -0.1) is 12.4 Å². The van der Waals surface area contributed by atoms with Crippen LogP contribution in [0.4, 0.5) is 5.69 Å². The summed E-state index contributed by atoms with van der Waals surface area (Å²) in [6, 6.07) is 14.1. The molecule has 2 aromatic carbocycles. The summed E-state index contributed by atoms with van der Waals surface area (Å²) >= 11 is 0. The van der Waals surface area contributed by atoms with Crippen molar-refractivity contribution in [1.29, 1.82) is 0 Å². The number of rotatable bonds is 4. The molecule has 2 saturated heterocycles. The molecule has 148 valence electrons. The van der Waals surface area contributed by atoms with E-state index in [0.29, 0.717) is 34.4 Å². The van der Waals surface area contributed by atoms with E-state index in [9.17, 15) is 9.59 Å². The summed E-state index contributed by atoms with van der Waals surface area (Å²) in [5.41, 5.74) is 1.59. The van der Waals surface area contributed by atoms with Crippen LogP contribution in [0, 0.1) is 11.8 Å². The van der Waals surface area contributed by atoms with E-state index in [4.69, 9.17) is 4.74 Å². The standard InChI is InChI=1S/C21H23N3O3.ClH/c1-27-17-8-6-14(7-9-17)20(25)23-19-5-3-2-4-18(19)21(26)24-12-15-10-22-11-16(15)13-24;/h2-9,15-16,22H,10-13H2,1H3,(H,23,25);1H/t15-,16+;. The van der Waals surface area contributed by atoms with E-state index in [-0.39, 0.29) is 24.2 Å². The highest BCUT2D eigenvalue weighted by Crippen LogP contribution is 2.29. The third kappa shape index (κ3) is 3.98. The SMILES string of the molecule is COc1ccc(C(=O)Nc2ccccc2C(=O)N2C[C@H]3CNC[C@H]3C2)cc1.Cl. The van der Waals surface area contributed by atoms with Gasteiger partial charge >= 0.3 is 0 Å². The van der Waals surface area contributed by atoms with Crippen molar-refractivity contribution >= 4 is 29.9 Å². The highest BCUT2D eigenvalue weighted by Gasteiger charge is 2.38. The molecule has 6 nitrogen and oxygen atoms in total. The maximum atomic E-state index is 13.0. The molecule has 7 heteroatoms. The van der Waals surface area contributed by atoms with Crippen LogP contribution in [0.25, 0.3) is 0 Å². The lowest BCUT2D eigenvalue weighted by atomic mass is 10.0. The van der Waals surface area contributed by atoms with Gasteiger partial charge in [-0.3, -0.25) is 9.59 Å². The van der Waals surface area contributed by atoms with Crippen LogP contribution < -0.4 is 15.4 Å². The van der Waals surface area contributed by atoms with E-state index in [1.807, 2.05) is 17.0 Å². The molecule has 2 heterocycles. The van der Waals surface area contributed by atoms with Crippen molar-refractivity contribution in [3.05, 3.63) is 59.7 Å². The number of hydrogen-bond donors (Lipinski definition) is 2. The number of ether oxygens (including phenoxy) is 1. The number of anilines is 1. The second-order valence-electron chi connectivity index (χ2n) is 7.12. The lowest BCUT2D eigenvalue weighted by molar-refractivity contribution is 0.0782. The maximum Gasteiger partial charge on any atom is 0.255 e. The van der Waals surface area contributed by atoms with Gasteiger partial charge in [0.2, 0.25) is 0 Å². The van der Waals surface area contributed by atoms with Gasteiger partial charge < -0.3 is 20.3 Å². The Kier molecular flexibility index (Phi) is 6.21. The van der Waals surface area contributed by atoms with Crippen LogP contribution in [-0.2, 0) is 0 Å². The van der Waals surface area contributed by atoms with Crippen LogP contribution in [0.15, 0.2) is 48.5 Å². The minimum absolute atomic E-state index is 0.